The summed E-state index contributed by atoms with van der Waals surface area (Å²) in [5.74, 6) is -0.0664. The standard InChI is InChI=1S/C13H16N2O2/c1-2-15-9-12(16)14-11(13(15)17)8-10-6-4-3-5-7-10/h3-7,11H,2,8-9H2,1H3,(H,14,16)/t11-/m0/s1. The van der Waals surface area contributed by atoms with E-state index in [4.69, 9.17) is 0 Å². The van der Waals surface area contributed by atoms with Crippen LogP contribution in [0.2, 0.25) is 0 Å². The van der Waals surface area contributed by atoms with Crippen LogP contribution in [-0.4, -0.2) is 35.8 Å². The zero-order chi connectivity index (χ0) is 12.3. The Labute approximate surface area is 101 Å². The summed E-state index contributed by atoms with van der Waals surface area (Å²) in [5.41, 5.74) is 1.06. The number of hydrogen-bond donors (Lipinski definition) is 1. The minimum atomic E-state index is -0.418. The van der Waals surface area contributed by atoms with Gasteiger partial charge in [0.05, 0.1) is 6.54 Å². The number of piperazine rings is 1. The molecule has 17 heavy (non-hydrogen) atoms. The SMILES string of the molecule is CCN1CC(=O)N[C@@H](Cc2ccccc2)C1=O. The molecule has 2 rings (SSSR count). The normalized spacial score (nSPS) is 20.3. The number of hydrogen-bond acceptors (Lipinski definition) is 2. The molecule has 1 heterocycles. The minimum absolute atomic E-state index is 0.0101. The van der Waals surface area contributed by atoms with Gasteiger partial charge in [-0.2, -0.15) is 0 Å². The van der Waals surface area contributed by atoms with Gasteiger partial charge in [-0.1, -0.05) is 30.3 Å². The van der Waals surface area contributed by atoms with Crippen molar-refractivity contribution in [1.29, 1.82) is 0 Å². The Bertz CT molecular complexity index is 417. The third-order valence-electron chi connectivity index (χ3n) is 2.94. The van der Waals surface area contributed by atoms with E-state index < -0.39 is 6.04 Å². The summed E-state index contributed by atoms with van der Waals surface area (Å²) in [6.45, 7) is 2.65. The summed E-state index contributed by atoms with van der Waals surface area (Å²) in [5, 5.41) is 2.75. The van der Waals surface area contributed by atoms with Crippen molar-refractivity contribution in [2.45, 2.75) is 19.4 Å². The first-order valence-corrected chi connectivity index (χ1v) is 5.82. The van der Waals surface area contributed by atoms with Crippen LogP contribution in [-0.2, 0) is 16.0 Å². The second-order valence-electron chi connectivity index (χ2n) is 4.16. The molecule has 1 fully saturated rings. The van der Waals surface area contributed by atoms with Gasteiger partial charge < -0.3 is 10.2 Å². The second-order valence-corrected chi connectivity index (χ2v) is 4.16. The van der Waals surface area contributed by atoms with Gasteiger partial charge in [0.2, 0.25) is 11.8 Å². The average Bonchev–Trinajstić information content (AvgIpc) is 2.34. The van der Waals surface area contributed by atoms with Gasteiger partial charge >= 0.3 is 0 Å². The fourth-order valence-corrected chi connectivity index (χ4v) is 2.03. The molecule has 4 nitrogen and oxygen atoms in total. The third kappa shape index (κ3) is 2.64. The summed E-state index contributed by atoms with van der Waals surface area (Å²) in [7, 11) is 0. The van der Waals surface area contributed by atoms with E-state index in [1.807, 2.05) is 37.3 Å². The Hall–Kier alpha value is -1.84. The van der Waals surface area contributed by atoms with Crippen molar-refractivity contribution in [3.8, 4) is 0 Å². The zero-order valence-corrected chi connectivity index (χ0v) is 9.85. The molecule has 0 bridgehead atoms. The molecule has 4 heteroatoms. The molecule has 0 saturated carbocycles. The minimum Gasteiger partial charge on any atom is -0.342 e. The van der Waals surface area contributed by atoms with Crippen LogP contribution in [0.5, 0.6) is 0 Å². The van der Waals surface area contributed by atoms with E-state index in [1.165, 1.54) is 0 Å². The first-order valence-electron chi connectivity index (χ1n) is 5.82. The van der Waals surface area contributed by atoms with Crippen LogP contribution in [0.4, 0.5) is 0 Å². The monoisotopic (exact) mass is 232 g/mol. The van der Waals surface area contributed by atoms with Gasteiger partial charge in [-0.3, -0.25) is 9.59 Å². The van der Waals surface area contributed by atoms with E-state index in [0.29, 0.717) is 13.0 Å². The molecule has 1 aliphatic rings. The molecule has 1 atom stereocenters. The first-order chi connectivity index (χ1) is 8.20. The molecule has 0 aromatic heterocycles. The van der Waals surface area contributed by atoms with E-state index in [1.54, 1.807) is 4.90 Å². The molecule has 2 amide bonds. The van der Waals surface area contributed by atoms with Gasteiger partial charge in [0.1, 0.15) is 6.04 Å². The van der Waals surface area contributed by atoms with Gasteiger partial charge in [-0.05, 0) is 12.5 Å². The molecule has 1 N–H and O–H groups in total. The van der Waals surface area contributed by atoms with Crippen molar-refractivity contribution in [2.24, 2.45) is 0 Å². The first kappa shape index (κ1) is 11.6. The average molecular weight is 232 g/mol. The van der Waals surface area contributed by atoms with Crippen LogP contribution >= 0.6 is 0 Å². The fraction of sp³-hybridized carbons (Fsp3) is 0.385. The molecular formula is C13H16N2O2. The van der Waals surface area contributed by atoms with Crippen LogP contribution in [0.15, 0.2) is 30.3 Å². The summed E-state index contributed by atoms with van der Waals surface area (Å²) in [6.07, 6.45) is 0.557. The Kier molecular flexibility index (Phi) is 3.42. The van der Waals surface area contributed by atoms with E-state index in [-0.39, 0.29) is 18.4 Å². The van der Waals surface area contributed by atoms with Gasteiger partial charge in [0.15, 0.2) is 0 Å². The van der Waals surface area contributed by atoms with E-state index in [0.717, 1.165) is 5.56 Å². The fourth-order valence-electron chi connectivity index (χ4n) is 2.03. The zero-order valence-electron chi connectivity index (χ0n) is 9.85. The number of nitrogens with one attached hydrogen (secondary N) is 1. The van der Waals surface area contributed by atoms with E-state index >= 15 is 0 Å². The predicted molar refractivity (Wildman–Crippen MR) is 64.3 cm³/mol. The van der Waals surface area contributed by atoms with Crippen molar-refractivity contribution in [1.82, 2.24) is 10.2 Å². The van der Waals surface area contributed by atoms with Crippen LogP contribution in [0.25, 0.3) is 0 Å². The summed E-state index contributed by atoms with van der Waals surface area (Å²) in [6, 6.07) is 9.31. The Morgan fingerprint density at radius 1 is 1.29 bits per heavy atom. The van der Waals surface area contributed by atoms with Crippen LogP contribution in [0, 0.1) is 0 Å². The number of rotatable bonds is 3. The lowest BCUT2D eigenvalue weighted by atomic mass is 10.0. The van der Waals surface area contributed by atoms with E-state index in [2.05, 4.69) is 5.32 Å². The quantitative estimate of drug-likeness (QED) is 0.828. The topological polar surface area (TPSA) is 49.4 Å². The lowest BCUT2D eigenvalue weighted by Gasteiger charge is -2.31. The van der Waals surface area contributed by atoms with Crippen molar-refractivity contribution >= 4 is 11.8 Å². The highest BCUT2D eigenvalue weighted by Gasteiger charge is 2.31. The van der Waals surface area contributed by atoms with E-state index in [9.17, 15) is 9.59 Å². The van der Waals surface area contributed by atoms with Gasteiger partial charge in [0.25, 0.3) is 0 Å². The lowest BCUT2D eigenvalue weighted by molar-refractivity contribution is -0.144. The molecule has 0 radical (unpaired) electrons. The molecule has 1 aliphatic heterocycles. The molecule has 1 saturated heterocycles. The molecular weight excluding hydrogens is 216 g/mol. The smallest absolute Gasteiger partial charge is 0.245 e. The molecule has 0 unspecified atom stereocenters. The molecule has 1 aromatic carbocycles. The van der Waals surface area contributed by atoms with Gasteiger partial charge in [-0.15, -0.1) is 0 Å². The molecule has 1 aromatic rings. The summed E-state index contributed by atoms with van der Waals surface area (Å²) < 4.78 is 0. The van der Waals surface area contributed by atoms with Crippen molar-refractivity contribution < 1.29 is 9.59 Å². The molecule has 90 valence electrons. The maximum absolute atomic E-state index is 12.0. The number of nitrogens with zero attached hydrogens (tertiary/aromatic N) is 1. The Morgan fingerprint density at radius 3 is 2.65 bits per heavy atom. The Morgan fingerprint density at radius 2 is 2.00 bits per heavy atom. The third-order valence-corrected chi connectivity index (χ3v) is 2.94. The Balaban J connectivity index is 2.09. The number of amides is 2. The largest absolute Gasteiger partial charge is 0.342 e. The van der Waals surface area contributed by atoms with Gasteiger partial charge in [0, 0.05) is 13.0 Å². The van der Waals surface area contributed by atoms with Crippen molar-refractivity contribution in [2.75, 3.05) is 13.1 Å². The summed E-state index contributed by atoms with van der Waals surface area (Å²) in [4.78, 5) is 25.1. The van der Waals surface area contributed by atoms with Crippen LogP contribution < -0.4 is 5.32 Å². The maximum Gasteiger partial charge on any atom is 0.245 e. The second kappa shape index (κ2) is 4.99. The summed E-state index contributed by atoms with van der Waals surface area (Å²) >= 11 is 0. The highest BCUT2D eigenvalue weighted by Crippen LogP contribution is 2.09. The van der Waals surface area contributed by atoms with Crippen molar-refractivity contribution in [3.05, 3.63) is 35.9 Å². The number of benzene rings is 1. The van der Waals surface area contributed by atoms with Crippen molar-refractivity contribution in [3.63, 3.8) is 0 Å². The lowest BCUT2D eigenvalue weighted by Crippen LogP contribution is -2.58. The van der Waals surface area contributed by atoms with Crippen LogP contribution in [0.3, 0.4) is 0 Å². The number of carbonyl (C=O) groups is 2. The number of likely N-dealkylation sites (N-methyl/N-ethyl adjacent to an activating group) is 1. The number of carbonyl (C=O) groups excluding carboxylic acids is 2. The van der Waals surface area contributed by atoms with Crippen LogP contribution in [0.1, 0.15) is 12.5 Å². The molecule has 0 aliphatic carbocycles. The highest BCUT2D eigenvalue weighted by molar-refractivity contribution is 5.94. The van der Waals surface area contributed by atoms with Gasteiger partial charge in [-0.25, -0.2) is 0 Å². The molecule has 0 spiro atoms. The maximum atomic E-state index is 12.0. The predicted octanol–water partition coefficient (Wildman–Crippen LogP) is 0.576. The highest BCUT2D eigenvalue weighted by atomic mass is 16.2.